The van der Waals surface area contributed by atoms with Crippen molar-refractivity contribution in [1.82, 2.24) is 10.3 Å². The quantitative estimate of drug-likeness (QED) is 0.858. The first-order valence-corrected chi connectivity index (χ1v) is 6.54. The molecule has 1 saturated heterocycles. The number of hydrazone groups is 1. The van der Waals surface area contributed by atoms with Gasteiger partial charge in [-0.25, -0.2) is 4.79 Å². The fraction of sp³-hybridized carbons (Fsp3) is 0.0625. The number of imide groups is 1. The fourth-order valence-electron chi connectivity index (χ4n) is 2.22. The zero-order valence-electron chi connectivity index (χ0n) is 11.5. The molecule has 1 aliphatic heterocycles. The van der Waals surface area contributed by atoms with Gasteiger partial charge in [0.1, 0.15) is 0 Å². The molecule has 4 amide bonds. The van der Waals surface area contributed by atoms with Gasteiger partial charge in [-0.15, -0.1) is 10.3 Å². The first-order valence-electron chi connectivity index (χ1n) is 6.54. The number of nitrogens with zero attached hydrogens (tertiary/aromatic N) is 2. The Morgan fingerprint density at radius 2 is 1.38 bits per heavy atom. The van der Waals surface area contributed by atoms with Crippen molar-refractivity contribution in [1.29, 1.82) is 0 Å². The number of urea groups is 2. The summed E-state index contributed by atoms with van der Waals surface area (Å²) in [5.41, 5.74) is 4.94. The van der Waals surface area contributed by atoms with Crippen molar-refractivity contribution in [3.05, 3.63) is 71.8 Å². The lowest BCUT2D eigenvalue weighted by Crippen LogP contribution is -2.33. The molecule has 104 valence electrons. The van der Waals surface area contributed by atoms with Gasteiger partial charge in [0.2, 0.25) is 0 Å². The van der Waals surface area contributed by atoms with Gasteiger partial charge in [-0.05, 0) is 0 Å². The third-order valence-electron chi connectivity index (χ3n) is 3.31. The van der Waals surface area contributed by atoms with Gasteiger partial charge in [0.05, 0.1) is 7.05 Å². The maximum atomic E-state index is 12.3. The normalized spacial score (nSPS) is 14.3. The van der Waals surface area contributed by atoms with Gasteiger partial charge >= 0.3 is 12.1 Å². The highest BCUT2D eigenvalue weighted by Gasteiger charge is 2.42. The summed E-state index contributed by atoms with van der Waals surface area (Å²) in [6.45, 7) is 0. The van der Waals surface area contributed by atoms with Crippen molar-refractivity contribution >= 4 is 17.8 Å². The number of amides is 4. The largest absolute Gasteiger partial charge is 0.526 e. The number of benzene rings is 2. The van der Waals surface area contributed by atoms with Crippen LogP contribution in [0.2, 0.25) is 0 Å². The Balaban J connectivity index is 2.23. The molecule has 0 unspecified atom stereocenters. The smallest absolute Gasteiger partial charge is 0.217 e. The maximum absolute atomic E-state index is 12.3. The van der Waals surface area contributed by atoms with Gasteiger partial charge < -0.3 is 0 Å². The zero-order valence-corrected chi connectivity index (χ0v) is 11.5. The maximum Gasteiger partial charge on any atom is 0.526 e. The van der Waals surface area contributed by atoms with E-state index < -0.39 is 12.1 Å². The number of nitrogens with one attached hydrogen (secondary N) is 1. The van der Waals surface area contributed by atoms with Gasteiger partial charge in [-0.1, -0.05) is 65.3 Å². The second-order valence-electron chi connectivity index (χ2n) is 4.67. The molecule has 2 aromatic rings. The molecular weight excluding hydrogens is 266 g/mol. The standard InChI is InChI=1S/C16H13N3O2/c1-18-15(20)17-19(16(18)21)14(12-8-4-2-5-9-12)13-10-6-3-7-11-13/h2-11H,1H3/p+1. The van der Waals surface area contributed by atoms with Crippen LogP contribution in [0.1, 0.15) is 11.1 Å². The molecule has 0 aromatic heterocycles. The molecule has 21 heavy (non-hydrogen) atoms. The van der Waals surface area contributed by atoms with Crippen LogP contribution in [0.3, 0.4) is 0 Å². The summed E-state index contributed by atoms with van der Waals surface area (Å²) in [6, 6.07) is 18.2. The average molecular weight is 280 g/mol. The van der Waals surface area contributed by atoms with E-state index in [4.69, 9.17) is 0 Å². The van der Waals surface area contributed by atoms with Crippen LogP contribution in [-0.2, 0) is 0 Å². The van der Waals surface area contributed by atoms with E-state index in [0.717, 1.165) is 16.0 Å². The molecular formula is C16H14N3O2+. The van der Waals surface area contributed by atoms with Crippen LogP contribution < -0.4 is 5.43 Å². The minimum atomic E-state index is -0.440. The van der Waals surface area contributed by atoms with Gasteiger partial charge in [0.25, 0.3) is 0 Å². The summed E-state index contributed by atoms with van der Waals surface area (Å²) in [5.74, 6) is 0. The number of carbonyl (C=O) groups excluding carboxylic acids is 2. The van der Waals surface area contributed by atoms with Crippen molar-refractivity contribution in [3.8, 4) is 0 Å². The van der Waals surface area contributed by atoms with E-state index in [1.54, 1.807) is 0 Å². The number of carbonyl (C=O) groups is 2. The molecule has 0 bridgehead atoms. The minimum Gasteiger partial charge on any atom is -0.217 e. The topological polar surface area (TPSA) is 52.4 Å². The predicted octanol–water partition coefficient (Wildman–Crippen LogP) is 2.23. The van der Waals surface area contributed by atoms with Crippen molar-refractivity contribution < 1.29 is 14.3 Å². The SMILES string of the molecule is CN1C(=O)N[N+](=C(c2ccccc2)c2ccccc2)C1=O. The highest BCUT2D eigenvalue weighted by molar-refractivity contribution is 6.12. The van der Waals surface area contributed by atoms with E-state index in [1.807, 2.05) is 60.7 Å². The molecule has 1 fully saturated rings. The van der Waals surface area contributed by atoms with Gasteiger partial charge in [-0.3, -0.25) is 0 Å². The lowest BCUT2D eigenvalue weighted by atomic mass is 10.0. The summed E-state index contributed by atoms with van der Waals surface area (Å²) in [5, 5.41) is 0. The van der Waals surface area contributed by atoms with Crippen molar-refractivity contribution in [3.63, 3.8) is 0 Å². The van der Waals surface area contributed by atoms with Crippen LogP contribution >= 0.6 is 0 Å². The molecule has 0 aliphatic carbocycles. The first-order chi connectivity index (χ1) is 10.2. The molecule has 1 heterocycles. The number of hydrazine groups is 1. The van der Waals surface area contributed by atoms with Gasteiger partial charge in [0.15, 0.2) is 5.71 Å². The summed E-state index contributed by atoms with van der Waals surface area (Å²) in [4.78, 5) is 25.0. The van der Waals surface area contributed by atoms with Crippen LogP contribution in [0.4, 0.5) is 9.59 Å². The van der Waals surface area contributed by atoms with E-state index >= 15 is 0 Å². The Morgan fingerprint density at radius 3 is 1.76 bits per heavy atom. The Labute approximate surface area is 122 Å². The Hall–Kier alpha value is -2.95. The summed E-state index contributed by atoms with van der Waals surface area (Å²) >= 11 is 0. The zero-order chi connectivity index (χ0) is 14.8. The molecule has 0 atom stereocenters. The average Bonchev–Trinajstić information content (AvgIpc) is 2.78. The second kappa shape index (κ2) is 5.20. The van der Waals surface area contributed by atoms with Crippen LogP contribution in [0, 0.1) is 0 Å². The molecule has 5 heteroatoms. The molecule has 0 saturated carbocycles. The van der Waals surface area contributed by atoms with Crippen LogP contribution in [0.25, 0.3) is 0 Å². The van der Waals surface area contributed by atoms with Crippen molar-refractivity contribution in [2.24, 2.45) is 0 Å². The van der Waals surface area contributed by atoms with E-state index in [-0.39, 0.29) is 0 Å². The monoisotopic (exact) mass is 280 g/mol. The minimum absolute atomic E-state index is 0.400. The Morgan fingerprint density at radius 1 is 0.905 bits per heavy atom. The molecule has 1 N–H and O–H groups in total. The number of rotatable bonds is 2. The van der Waals surface area contributed by atoms with E-state index in [2.05, 4.69) is 5.43 Å². The highest BCUT2D eigenvalue weighted by Crippen LogP contribution is 2.13. The van der Waals surface area contributed by atoms with Crippen LogP contribution in [0.5, 0.6) is 0 Å². The van der Waals surface area contributed by atoms with Gasteiger partial charge in [-0.2, -0.15) is 4.79 Å². The summed E-state index contributed by atoms with van der Waals surface area (Å²) < 4.78 is 1.28. The molecule has 0 radical (unpaired) electrons. The third kappa shape index (κ3) is 2.29. The third-order valence-corrected chi connectivity index (χ3v) is 3.31. The number of hydrogen-bond acceptors (Lipinski definition) is 2. The number of hydrogen-bond donors (Lipinski definition) is 1. The Bertz CT molecular complexity index is 682. The molecule has 2 aromatic carbocycles. The molecule has 5 nitrogen and oxygen atoms in total. The lowest BCUT2D eigenvalue weighted by molar-refractivity contribution is -0.465. The predicted molar refractivity (Wildman–Crippen MR) is 78.0 cm³/mol. The van der Waals surface area contributed by atoms with Crippen molar-refractivity contribution in [2.75, 3.05) is 7.05 Å². The summed E-state index contributed by atoms with van der Waals surface area (Å²) in [7, 11) is 1.45. The first kappa shape index (κ1) is 13.1. The second-order valence-corrected chi connectivity index (χ2v) is 4.67. The Kier molecular flexibility index (Phi) is 3.23. The fourth-order valence-corrected chi connectivity index (χ4v) is 2.22. The van der Waals surface area contributed by atoms with E-state index in [0.29, 0.717) is 5.71 Å². The van der Waals surface area contributed by atoms with E-state index in [9.17, 15) is 9.59 Å². The molecule has 3 rings (SSSR count). The highest BCUT2D eigenvalue weighted by atomic mass is 16.2. The molecule has 0 spiro atoms. The van der Waals surface area contributed by atoms with Crippen LogP contribution in [0.15, 0.2) is 60.7 Å². The lowest BCUT2D eigenvalue weighted by Gasteiger charge is -2.07. The summed E-state index contributed by atoms with van der Waals surface area (Å²) in [6.07, 6.45) is 0. The van der Waals surface area contributed by atoms with Gasteiger partial charge in [0, 0.05) is 11.1 Å². The van der Waals surface area contributed by atoms with E-state index in [1.165, 1.54) is 11.7 Å². The molecule has 1 aliphatic rings. The van der Waals surface area contributed by atoms with Crippen LogP contribution in [-0.4, -0.2) is 34.4 Å². The van der Waals surface area contributed by atoms with Crippen molar-refractivity contribution in [2.45, 2.75) is 0 Å².